The van der Waals surface area contributed by atoms with Gasteiger partial charge in [0.15, 0.2) is 0 Å². The zero-order valence-corrected chi connectivity index (χ0v) is 10.4. The summed E-state index contributed by atoms with van der Waals surface area (Å²) < 4.78 is 0. The minimum absolute atomic E-state index is 0.0354. The van der Waals surface area contributed by atoms with Crippen molar-refractivity contribution in [2.45, 2.75) is 19.3 Å². The number of carbonyl (C=O) groups excluding carboxylic acids is 2. The molecule has 2 saturated heterocycles. The highest BCUT2D eigenvalue weighted by Gasteiger charge is 2.32. The monoisotopic (exact) mass is 239 g/mol. The van der Waals surface area contributed by atoms with Crippen LogP contribution in [0.5, 0.6) is 0 Å². The second-order valence-electron chi connectivity index (χ2n) is 5.13. The fraction of sp³-hybridized carbons (Fsp3) is 0.833. The molecule has 2 fully saturated rings. The van der Waals surface area contributed by atoms with E-state index in [0.717, 1.165) is 19.6 Å². The van der Waals surface area contributed by atoms with E-state index in [0.29, 0.717) is 18.9 Å². The number of likely N-dealkylation sites (tertiary alicyclic amines) is 1. The van der Waals surface area contributed by atoms with Gasteiger partial charge < -0.3 is 15.5 Å². The molecular weight excluding hydrogens is 218 g/mol. The van der Waals surface area contributed by atoms with Crippen LogP contribution >= 0.6 is 0 Å². The molecule has 0 radical (unpaired) electrons. The molecular formula is C12H21N3O2. The van der Waals surface area contributed by atoms with E-state index in [-0.39, 0.29) is 17.7 Å². The average Bonchev–Trinajstić information content (AvgIpc) is 2.68. The van der Waals surface area contributed by atoms with Crippen LogP contribution in [0.25, 0.3) is 0 Å². The molecule has 2 unspecified atom stereocenters. The summed E-state index contributed by atoms with van der Waals surface area (Å²) >= 11 is 0. The molecule has 0 aromatic heterocycles. The van der Waals surface area contributed by atoms with Crippen LogP contribution in [0, 0.1) is 11.8 Å². The molecule has 2 heterocycles. The first-order valence-electron chi connectivity index (χ1n) is 6.39. The molecule has 0 saturated carbocycles. The van der Waals surface area contributed by atoms with Crippen LogP contribution in [0.1, 0.15) is 19.3 Å². The van der Waals surface area contributed by atoms with E-state index in [1.54, 1.807) is 11.9 Å². The smallest absolute Gasteiger partial charge is 0.225 e. The van der Waals surface area contributed by atoms with Gasteiger partial charge in [-0.15, -0.1) is 0 Å². The highest BCUT2D eigenvalue weighted by Crippen LogP contribution is 2.16. The number of piperidine rings is 1. The molecule has 2 amide bonds. The van der Waals surface area contributed by atoms with Crippen LogP contribution < -0.4 is 10.6 Å². The molecule has 0 aromatic carbocycles. The number of nitrogens with one attached hydrogen (secondary N) is 2. The van der Waals surface area contributed by atoms with Crippen molar-refractivity contribution in [1.82, 2.24) is 15.5 Å². The molecule has 0 aliphatic carbocycles. The summed E-state index contributed by atoms with van der Waals surface area (Å²) in [5, 5.41) is 6.31. The highest BCUT2D eigenvalue weighted by molar-refractivity contribution is 5.89. The molecule has 2 N–H and O–H groups in total. The Morgan fingerprint density at radius 1 is 1.59 bits per heavy atom. The number of rotatable bonds is 3. The molecule has 2 aliphatic rings. The lowest BCUT2D eigenvalue weighted by molar-refractivity contribution is -0.128. The molecule has 17 heavy (non-hydrogen) atoms. The first-order chi connectivity index (χ1) is 8.16. The first-order valence-corrected chi connectivity index (χ1v) is 6.39. The number of nitrogens with zero attached hydrogens (tertiary/aromatic N) is 1. The average molecular weight is 239 g/mol. The van der Waals surface area contributed by atoms with E-state index >= 15 is 0 Å². The predicted molar refractivity (Wildman–Crippen MR) is 64.3 cm³/mol. The number of hydrogen-bond acceptors (Lipinski definition) is 3. The Balaban J connectivity index is 1.72. The van der Waals surface area contributed by atoms with E-state index in [1.807, 2.05) is 0 Å². The van der Waals surface area contributed by atoms with Crippen LogP contribution in [-0.4, -0.2) is 49.9 Å². The summed E-state index contributed by atoms with van der Waals surface area (Å²) in [4.78, 5) is 24.8. The first kappa shape index (κ1) is 12.4. The van der Waals surface area contributed by atoms with E-state index in [1.165, 1.54) is 12.8 Å². The minimum Gasteiger partial charge on any atom is -0.355 e. The van der Waals surface area contributed by atoms with Gasteiger partial charge in [-0.3, -0.25) is 9.59 Å². The van der Waals surface area contributed by atoms with Gasteiger partial charge in [-0.2, -0.15) is 0 Å². The zero-order chi connectivity index (χ0) is 12.3. The third-order valence-electron chi connectivity index (χ3n) is 3.68. The topological polar surface area (TPSA) is 61.4 Å². The van der Waals surface area contributed by atoms with Crippen LogP contribution in [-0.2, 0) is 9.59 Å². The van der Waals surface area contributed by atoms with E-state index in [2.05, 4.69) is 10.6 Å². The largest absolute Gasteiger partial charge is 0.355 e. The van der Waals surface area contributed by atoms with Crippen LogP contribution in [0.15, 0.2) is 0 Å². The van der Waals surface area contributed by atoms with Gasteiger partial charge in [-0.05, 0) is 31.8 Å². The van der Waals surface area contributed by atoms with Crippen molar-refractivity contribution in [2.75, 3.05) is 33.2 Å². The Kier molecular flexibility index (Phi) is 3.99. The summed E-state index contributed by atoms with van der Waals surface area (Å²) in [6, 6.07) is 0. The molecule has 0 aromatic rings. The van der Waals surface area contributed by atoms with E-state index in [9.17, 15) is 9.59 Å². The third kappa shape index (κ3) is 3.19. The summed E-state index contributed by atoms with van der Waals surface area (Å²) in [5.74, 6) is 0.504. The van der Waals surface area contributed by atoms with E-state index in [4.69, 9.17) is 0 Å². The molecule has 96 valence electrons. The predicted octanol–water partition coefficient (Wildman–Crippen LogP) is -0.419. The van der Waals surface area contributed by atoms with Crippen molar-refractivity contribution in [3.63, 3.8) is 0 Å². The lowest BCUT2D eigenvalue weighted by atomic mass is 9.99. The summed E-state index contributed by atoms with van der Waals surface area (Å²) in [7, 11) is 1.75. The molecule has 2 rings (SSSR count). The molecule has 2 aliphatic heterocycles. The van der Waals surface area contributed by atoms with E-state index < -0.39 is 0 Å². The summed E-state index contributed by atoms with van der Waals surface area (Å²) in [5.41, 5.74) is 0. The van der Waals surface area contributed by atoms with Gasteiger partial charge in [-0.1, -0.05) is 0 Å². The van der Waals surface area contributed by atoms with Gasteiger partial charge in [0.05, 0.1) is 5.92 Å². The van der Waals surface area contributed by atoms with Gasteiger partial charge in [0.2, 0.25) is 11.8 Å². The molecule has 2 atom stereocenters. The van der Waals surface area contributed by atoms with Gasteiger partial charge in [0, 0.05) is 26.6 Å². The van der Waals surface area contributed by atoms with Gasteiger partial charge in [0.1, 0.15) is 0 Å². The van der Waals surface area contributed by atoms with Crippen molar-refractivity contribution in [2.24, 2.45) is 11.8 Å². The SMILES string of the molecule is CN1CC(C(=O)NCC2CCCNC2)CC1=O. The highest BCUT2D eigenvalue weighted by atomic mass is 16.2. The minimum atomic E-state index is -0.149. The number of hydrogen-bond donors (Lipinski definition) is 2. The number of carbonyl (C=O) groups is 2. The maximum absolute atomic E-state index is 11.9. The molecule has 0 spiro atoms. The van der Waals surface area contributed by atoms with Crippen molar-refractivity contribution in [3.8, 4) is 0 Å². The van der Waals surface area contributed by atoms with Gasteiger partial charge in [-0.25, -0.2) is 0 Å². The maximum Gasteiger partial charge on any atom is 0.225 e. The second kappa shape index (κ2) is 5.49. The fourth-order valence-corrected chi connectivity index (χ4v) is 2.53. The van der Waals surface area contributed by atoms with Crippen molar-refractivity contribution < 1.29 is 9.59 Å². The maximum atomic E-state index is 11.9. The normalized spacial score (nSPS) is 29.5. The molecule has 5 heteroatoms. The van der Waals surface area contributed by atoms with Crippen LogP contribution in [0.4, 0.5) is 0 Å². The Bertz CT molecular complexity index is 300. The fourth-order valence-electron chi connectivity index (χ4n) is 2.53. The standard InChI is InChI=1S/C12H21N3O2/c1-15-8-10(5-11(15)16)12(17)14-7-9-3-2-4-13-6-9/h9-10,13H,2-8H2,1H3,(H,14,17). The summed E-state index contributed by atoms with van der Waals surface area (Å²) in [6.45, 7) is 3.38. The second-order valence-corrected chi connectivity index (χ2v) is 5.13. The van der Waals surface area contributed by atoms with Crippen molar-refractivity contribution in [3.05, 3.63) is 0 Å². The summed E-state index contributed by atoms with van der Waals surface area (Å²) in [6.07, 6.45) is 2.73. The van der Waals surface area contributed by atoms with Crippen molar-refractivity contribution >= 4 is 11.8 Å². The Labute approximate surface area is 102 Å². The van der Waals surface area contributed by atoms with Crippen molar-refractivity contribution in [1.29, 1.82) is 0 Å². The van der Waals surface area contributed by atoms with Gasteiger partial charge in [0.25, 0.3) is 0 Å². The molecule has 0 bridgehead atoms. The Morgan fingerprint density at radius 3 is 3.00 bits per heavy atom. The van der Waals surface area contributed by atoms with Gasteiger partial charge >= 0.3 is 0 Å². The lowest BCUT2D eigenvalue weighted by Crippen LogP contribution is -2.40. The zero-order valence-electron chi connectivity index (χ0n) is 10.4. The quantitative estimate of drug-likeness (QED) is 0.703. The Morgan fingerprint density at radius 2 is 2.41 bits per heavy atom. The number of amides is 2. The lowest BCUT2D eigenvalue weighted by Gasteiger charge is -2.23. The van der Waals surface area contributed by atoms with Crippen LogP contribution in [0.2, 0.25) is 0 Å². The van der Waals surface area contributed by atoms with Crippen LogP contribution in [0.3, 0.4) is 0 Å². The third-order valence-corrected chi connectivity index (χ3v) is 3.68. The Hall–Kier alpha value is -1.10. The molecule has 5 nitrogen and oxygen atoms in total.